The molecule has 0 fully saturated rings. The van der Waals surface area contributed by atoms with Crippen LogP contribution in [0.4, 0.5) is 0 Å². The average molecular weight is 247 g/mol. The molecule has 0 aliphatic heterocycles. The van der Waals surface area contributed by atoms with Gasteiger partial charge in [-0.1, -0.05) is 20.3 Å². The molecule has 0 saturated heterocycles. The molecule has 0 aromatic heterocycles. The monoisotopic (exact) mass is 247 g/mol. The first-order valence-corrected chi connectivity index (χ1v) is 5.20. The number of carbonyl (C=O) groups is 3. The van der Waals surface area contributed by atoms with Gasteiger partial charge in [0.05, 0.1) is 13.1 Å². The molecule has 0 radical (unpaired) electrons. The third-order valence-electron chi connectivity index (χ3n) is 2.51. The lowest BCUT2D eigenvalue weighted by Gasteiger charge is -2.29. The van der Waals surface area contributed by atoms with Crippen LogP contribution in [0.5, 0.6) is 0 Å². The lowest BCUT2D eigenvalue weighted by molar-refractivity contribution is -0.151. The van der Waals surface area contributed by atoms with E-state index in [-0.39, 0.29) is 5.92 Å². The van der Waals surface area contributed by atoms with E-state index in [1.54, 1.807) is 13.8 Å². The van der Waals surface area contributed by atoms with Gasteiger partial charge in [-0.15, -0.1) is 0 Å². The quantitative estimate of drug-likeness (QED) is 0.551. The van der Waals surface area contributed by atoms with Crippen molar-refractivity contribution in [3.05, 3.63) is 0 Å². The summed E-state index contributed by atoms with van der Waals surface area (Å²) in [6.45, 7) is 2.21. The fourth-order valence-corrected chi connectivity index (χ4v) is 1.58. The molecule has 7 heteroatoms. The number of rotatable bonds is 8. The summed E-state index contributed by atoms with van der Waals surface area (Å²) in [6.07, 6.45) is 0.521. The molecule has 0 spiro atoms. The Kier molecular flexibility index (Phi) is 6.19. The number of carboxylic acid groups (broad SMARTS) is 3. The molecule has 0 aromatic rings. The van der Waals surface area contributed by atoms with Crippen LogP contribution in [0.1, 0.15) is 20.3 Å². The zero-order valence-electron chi connectivity index (χ0n) is 9.79. The summed E-state index contributed by atoms with van der Waals surface area (Å²) in [7, 11) is 0. The maximum atomic E-state index is 11.1. The molecule has 2 atom stereocenters. The molecule has 0 aromatic carbocycles. The van der Waals surface area contributed by atoms with E-state index in [4.69, 9.17) is 15.3 Å². The fraction of sp³-hybridized carbons (Fsp3) is 0.700. The normalized spacial score (nSPS) is 14.3. The van der Waals surface area contributed by atoms with Crippen molar-refractivity contribution in [2.45, 2.75) is 26.3 Å². The molecule has 7 nitrogen and oxygen atoms in total. The Morgan fingerprint density at radius 1 is 1.06 bits per heavy atom. The van der Waals surface area contributed by atoms with E-state index in [2.05, 4.69) is 0 Å². The minimum Gasteiger partial charge on any atom is -0.480 e. The molecule has 0 heterocycles. The number of hydrogen-bond acceptors (Lipinski definition) is 4. The maximum absolute atomic E-state index is 11.1. The first-order chi connectivity index (χ1) is 7.79. The second-order valence-corrected chi connectivity index (χ2v) is 3.86. The van der Waals surface area contributed by atoms with Crippen molar-refractivity contribution >= 4 is 17.9 Å². The summed E-state index contributed by atoms with van der Waals surface area (Å²) in [5.41, 5.74) is 0. The van der Waals surface area contributed by atoms with Gasteiger partial charge in [0, 0.05) is 0 Å². The van der Waals surface area contributed by atoms with Gasteiger partial charge in [0.25, 0.3) is 0 Å². The SMILES string of the molecule is CC[C@H](C)[C@@H](C(=O)O)N(CC(=O)O)CC(=O)O. The zero-order chi connectivity index (χ0) is 13.6. The van der Waals surface area contributed by atoms with Crippen LogP contribution in [0.15, 0.2) is 0 Å². The van der Waals surface area contributed by atoms with Crippen molar-refractivity contribution in [2.75, 3.05) is 13.1 Å². The molecule has 17 heavy (non-hydrogen) atoms. The topological polar surface area (TPSA) is 115 Å². The zero-order valence-corrected chi connectivity index (χ0v) is 9.79. The van der Waals surface area contributed by atoms with Gasteiger partial charge in [-0.05, 0) is 5.92 Å². The Labute approximate surface area is 98.7 Å². The van der Waals surface area contributed by atoms with Gasteiger partial charge in [-0.25, -0.2) is 0 Å². The molecule has 0 unspecified atom stereocenters. The third kappa shape index (κ3) is 5.30. The number of nitrogens with zero attached hydrogens (tertiary/aromatic N) is 1. The second kappa shape index (κ2) is 6.85. The van der Waals surface area contributed by atoms with E-state index < -0.39 is 37.0 Å². The summed E-state index contributed by atoms with van der Waals surface area (Å²) in [5, 5.41) is 26.4. The maximum Gasteiger partial charge on any atom is 0.321 e. The van der Waals surface area contributed by atoms with Gasteiger partial charge in [-0.3, -0.25) is 19.3 Å². The molecule has 3 N–H and O–H groups in total. The molecule has 98 valence electrons. The highest BCUT2D eigenvalue weighted by Crippen LogP contribution is 2.15. The van der Waals surface area contributed by atoms with E-state index in [0.29, 0.717) is 6.42 Å². The predicted octanol–water partition coefficient (Wildman–Crippen LogP) is -0.0431. The summed E-state index contributed by atoms with van der Waals surface area (Å²) in [6, 6.07) is -1.10. The number of hydrogen-bond donors (Lipinski definition) is 3. The van der Waals surface area contributed by atoms with Crippen LogP contribution < -0.4 is 0 Å². The van der Waals surface area contributed by atoms with Crippen LogP contribution in [0.2, 0.25) is 0 Å². The van der Waals surface area contributed by atoms with E-state index in [1.807, 2.05) is 0 Å². The van der Waals surface area contributed by atoms with Crippen LogP contribution >= 0.6 is 0 Å². The van der Waals surface area contributed by atoms with E-state index in [1.165, 1.54) is 0 Å². The Morgan fingerprint density at radius 2 is 1.47 bits per heavy atom. The van der Waals surface area contributed by atoms with Crippen molar-refractivity contribution < 1.29 is 29.7 Å². The Balaban J connectivity index is 4.98. The predicted molar refractivity (Wildman–Crippen MR) is 57.7 cm³/mol. The van der Waals surface area contributed by atoms with E-state index in [0.717, 1.165) is 4.90 Å². The van der Waals surface area contributed by atoms with Crippen LogP contribution in [0.3, 0.4) is 0 Å². The lowest BCUT2D eigenvalue weighted by atomic mass is 9.97. The summed E-state index contributed by atoms with van der Waals surface area (Å²) < 4.78 is 0. The minimum absolute atomic E-state index is 0.328. The van der Waals surface area contributed by atoms with Crippen molar-refractivity contribution in [1.29, 1.82) is 0 Å². The van der Waals surface area contributed by atoms with Gasteiger partial charge < -0.3 is 15.3 Å². The minimum atomic E-state index is -1.25. The fourth-order valence-electron chi connectivity index (χ4n) is 1.58. The van der Waals surface area contributed by atoms with Gasteiger partial charge in [0.15, 0.2) is 0 Å². The van der Waals surface area contributed by atoms with Crippen molar-refractivity contribution in [3.8, 4) is 0 Å². The third-order valence-corrected chi connectivity index (χ3v) is 2.51. The first-order valence-electron chi connectivity index (χ1n) is 5.20. The first kappa shape index (κ1) is 15.4. The molecule has 0 amide bonds. The summed E-state index contributed by atoms with van der Waals surface area (Å²) in [5.74, 6) is -4.03. The van der Waals surface area contributed by atoms with Gasteiger partial charge in [0.2, 0.25) is 0 Å². The van der Waals surface area contributed by atoms with Crippen molar-refractivity contribution in [2.24, 2.45) is 5.92 Å². The highest BCUT2D eigenvalue weighted by atomic mass is 16.4. The molecule has 0 saturated carbocycles. The number of aliphatic carboxylic acids is 3. The standard InChI is InChI=1S/C10H17NO6/c1-3-6(2)9(10(16)17)11(4-7(12)13)5-8(14)15/h6,9H,3-5H2,1-2H3,(H,12,13)(H,14,15)(H,16,17)/t6-,9-/m0/s1. The van der Waals surface area contributed by atoms with E-state index in [9.17, 15) is 14.4 Å². The Bertz CT molecular complexity index is 287. The second-order valence-electron chi connectivity index (χ2n) is 3.86. The van der Waals surface area contributed by atoms with Crippen LogP contribution in [0.25, 0.3) is 0 Å². The van der Waals surface area contributed by atoms with Crippen LogP contribution in [-0.4, -0.2) is 57.3 Å². The van der Waals surface area contributed by atoms with Gasteiger partial charge >= 0.3 is 17.9 Å². The van der Waals surface area contributed by atoms with Gasteiger partial charge in [-0.2, -0.15) is 0 Å². The van der Waals surface area contributed by atoms with Crippen LogP contribution in [-0.2, 0) is 14.4 Å². The lowest BCUT2D eigenvalue weighted by Crippen LogP contribution is -2.49. The Morgan fingerprint density at radius 3 is 1.71 bits per heavy atom. The average Bonchev–Trinajstić information content (AvgIpc) is 2.14. The molecule has 0 bridgehead atoms. The molecule has 0 aliphatic rings. The highest BCUT2D eigenvalue weighted by molar-refractivity contribution is 5.78. The smallest absolute Gasteiger partial charge is 0.321 e. The largest absolute Gasteiger partial charge is 0.480 e. The molecular weight excluding hydrogens is 230 g/mol. The van der Waals surface area contributed by atoms with E-state index >= 15 is 0 Å². The highest BCUT2D eigenvalue weighted by Gasteiger charge is 2.32. The van der Waals surface area contributed by atoms with Crippen LogP contribution in [0, 0.1) is 5.92 Å². The Hall–Kier alpha value is -1.63. The van der Waals surface area contributed by atoms with Crippen molar-refractivity contribution in [3.63, 3.8) is 0 Å². The summed E-state index contributed by atoms with van der Waals surface area (Å²) >= 11 is 0. The molecule has 0 rings (SSSR count). The molecule has 0 aliphatic carbocycles. The molecular formula is C10H17NO6. The summed E-state index contributed by atoms with van der Waals surface area (Å²) in [4.78, 5) is 33.2. The van der Waals surface area contributed by atoms with Gasteiger partial charge in [0.1, 0.15) is 6.04 Å². The number of carboxylic acids is 3. The van der Waals surface area contributed by atoms with Crippen molar-refractivity contribution in [1.82, 2.24) is 4.90 Å².